The Morgan fingerprint density at radius 3 is 2.56 bits per heavy atom. The normalized spacial score (nSPS) is 19.4. The Kier molecular flexibility index (Phi) is 5.60. The number of hydrogen-bond donors (Lipinski definition) is 1. The maximum absolute atomic E-state index is 13.5. The number of fused-ring (bicyclic) bond motifs is 2. The molecule has 0 unspecified atom stereocenters. The van der Waals surface area contributed by atoms with Gasteiger partial charge in [-0.2, -0.15) is 0 Å². The first-order chi connectivity index (χ1) is 16.4. The molecule has 0 saturated carbocycles. The van der Waals surface area contributed by atoms with Crippen LogP contribution in [-0.4, -0.2) is 33.7 Å². The highest BCUT2D eigenvalue weighted by Crippen LogP contribution is 2.40. The van der Waals surface area contributed by atoms with Crippen LogP contribution in [0.3, 0.4) is 0 Å². The average molecular weight is 456 g/mol. The third kappa shape index (κ3) is 3.63. The number of imide groups is 1. The molecule has 2 heterocycles. The summed E-state index contributed by atoms with van der Waals surface area (Å²) in [7, 11) is 0. The minimum atomic E-state index is -1.06. The van der Waals surface area contributed by atoms with E-state index in [-0.39, 0.29) is 18.2 Å². The first-order valence-electron chi connectivity index (χ1n) is 11.9. The van der Waals surface area contributed by atoms with Crippen LogP contribution in [0.5, 0.6) is 0 Å². The largest absolute Gasteiger partial charge is 0.348 e. The molecule has 2 aliphatic rings. The van der Waals surface area contributed by atoms with Crippen molar-refractivity contribution >= 4 is 17.7 Å². The van der Waals surface area contributed by atoms with Crippen molar-refractivity contribution in [2.45, 2.75) is 51.6 Å². The van der Waals surface area contributed by atoms with E-state index in [4.69, 9.17) is 0 Å². The van der Waals surface area contributed by atoms with Crippen LogP contribution in [0.2, 0.25) is 0 Å². The minimum Gasteiger partial charge on any atom is -0.348 e. The van der Waals surface area contributed by atoms with Gasteiger partial charge in [0.15, 0.2) is 5.78 Å². The predicted molar refractivity (Wildman–Crippen MR) is 130 cm³/mol. The Hall–Kier alpha value is -3.67. The van der Waals surface area contributed by atoms with Gasteiger partial charge in [-0.25, -0.2) is 4.79 Å². The lowest BCUT2D eigenvalue weighted by atomic mass is 9.76. The summed E-state index contributed by atoms with van der Waals surface area (Å²) in [6, 6.07) is 19.4. The van der Waals surface area contributed by atoms with E-state index in [0.717, 1.165) is 53.2 Å². The number of amides is 3. The fourth-order valence-electron chi connectivity index (χ4n) is 5.50. The fourth-order valence-corrected chi connectivity index (χ4v) is 5.50. The highest BCUT2D eigenvalue weighted by atomic mass is 16.2. The molecular weight excluding hydrogens is 426 g/mol. The molecule has 2 aromatic carbocycles. The first kappa shape index (κ1) is 22.1. The van der Waals surface area contributed by atoms with Crippen LogP contribution < -0.4 is 5.32 Å². The van der Waals surface area contributed by atoms with E-state index in [0.29, 0.717) is 12.0 Å². The number of nitrogens with zero attached hydrogens (tertiary/aromatic N) is 2. The van der Waals surface area contributed by atoms with E-state index in [9.17, 15) is 14.4 Å². The number of benzene rings is 2. The molecule has 1 saturated heterocycles. The van der Waals surface area contributed by atoms with E-state index < -0.39 is 11.6 Å². The molecule has 3 amide bonds. The van der Waals surface area contributed by atoms with Gasteiger partial charge in [0, 0.05) is 23.5 Å². The molecule has 1 spiro atoms. The van der Waals surface area contributed by atoms with Crippen molar-refractivity contribution in [3.63, 3.8) is 0 Å². The number of carbonyl (C=O) groups excluding carboxylic acids is 3. The molecule has 1 fully saturated rings. The quantitative estimate of drug-likeness (QED) is 0.445. The van der Waals surface area contributed by atoms with Crippen molar-refractivity contribution < 1.29 is 14.4 Å². The Morgan fingerprint density at radius 1 is 1.03 bits per heavy atom. The molecule has 5 rings (SSSR count). The number of Topliss-reactive ketones (excluding diaryl/α,β-unsaturated/α-hetero) is 1. The van der Waals surface area contributed by atoms with Gasteiger partial charge in [-0.05, 0) is 62.3 Å². The summed E-state index contributed by atoms with van der Waals surface area (Å²) in [6.45, 7) is 4.42. The van der Waals surface area contributed by atoms with Gasteiger partial charge < -0.3 is 9.88 Å². The molecule has 0 bridgehead atoms. The number of carbonyl (C=O) groups is 3. The second-order valence-electron chi connectivity index (χ2n) is 9.33. The van der Waals surface area contributed by atoms with E-state index in [1.54, 1.807) is 0 Å². The highest BCUT2D eigenvalue weighted by Gasteiger charge is 2.54. The van der Waals surface area contributed by atoms with Gasteiger partial charge in [-0.15, -0.1) is 0 Å². The number of aryl methyl sites for hydroxylation is 3. The lowest BCUT2D eigenvalue weighted by molar-refractivity contribution is -0.131. The molecular formula is C28H29N3O3. The van der Waals surface area contributed by atoms with Crippen LogP contribution in [0.25, 0.3) is 0 Å². The van der Waals surface area contributed by atoms with Gasteiger partial charge in [0.1, 0.15) is 5.54 Å². The number of aromatic nitrogens is 1. The molecule has 0 radical (unpaired) electrons. The zero-order valence-electron chi connectivity index (χ0n) is 19.6. The highest BCUT2D eigenvalue weighted by molar-refractivity contribution is 6.11. The molecule has 174 valence electrons. The van der Waals surface area contributed by atoms with Gasteiger partial charge in [0.05, 0.1) is 6.54 Å². The van der Waals surface area contributed by atoms with E-state index in [1.807, 2.05) is 62.4 Å². The average Bonchev–Trinajstić information content (AvgIpc) is 3.26. The van der Waals surface area contributed by atoms with Crippen molar-refractivity contribution in [1.29, 1.82) is 0 Å². The van der Waals surface area contributed by atoms with Crippen molar-refractivity contribution in [3.8, 4) is 0 Å². The third-order valence-electron chi connectivity index (χ3n) is 7.29. The maximum atomic E-state index is 13.5. The molecule has 1 N–H and O–H groups in total. The van der Waals surface area contributed by atoms with Gasteiger partial charge >= 0.3 is 6.03 Å². The number of ketones is 1. The Morgan fingerprint density at radius 2 is 1.76 bits per heavy atom. The molecule has 6 heteroatoms. The summed E-state index contributed by atoms with van der Waals surface area (Å²) < 4.78 is 2.13. The fraction of sp³-hybridized carbons (Fsp3) is 0.321. The number of nitrogens with one attached hydrogen (secondary N) is 1. The second kappa shape index (κ2) is 8.60. The number of hydrogen-bond acceptors (Lipinski definition) is 3. The van der Waals surface area contributed by atoms with Gasteiger partial charge in [-0.3, -0.25) is 14.5 Å². The summed E-state index contributed by atoms with van der Waals surface area (Å²) in [4.78, 5) is 40.8. The zero-order chi connectivity index (χ0) is 23.9. The van der Waals surface area contributed by atoms with E-state index in [1.165, 1.54) is 5.56 Å². The summed E-state index contributed by atoms with van der Waals surface area (Å²) in [5.41, 5.74) is 4.54. The lowest BCUT2D eigenvalue weighted by Gasteiger charge is -2.33. The summed E-state index contributed by atoms with van der Waals surface area (Å²) in [5, 5.41) is 2.93. The molecule has 1 aromatic heterocycles. The smallest absolute Gasteiger partial charge is 0.325 e. The van der Waals surface area contributed by atoms with E-state index in [2.05, 4.69) is 22.0 Å². The number of rotatable bonds is 6. The lowest BCUT2D eigenvalue weighted by Crippen LogP contribution is -2.46. The number of urea groups is 1. The standard InChI is InChI=1S/C28H29N3O3/c1-19-17-23(20(2)30(19)16-14-21-9-4-3-5-10-21)25(32)18-31-26(33)28(29-27(31)34)15-8-12-22-11-6-7-13-24(22)28/h3-7,9-11,13,17H,8,12,14-16,18H2,1-2H3,(H,29,34)/t28-/m1/s1. The topological polar surface area (TPSA) is 71.4 Å². The van der Waals surface area contributed by atoms with Crippen LogP contribution in [-0.2, 0) is 29.7 Å². The van der Waals surface area contributed by atoms with E-state index >= 15 is 0 Å². The molecule has 3 aromatic rings. The van der Waals surface area contributed by atoms with Crippen molar-refractivity contribution in [2.75, 3.05) is 6.54 Å². The summed E-state index contributed by atoms with van der Waals surface area (Å²) in [5.74, 6) is -0.542. The Labute approximate surface area is 199 Å². The van der Waals surface area contributed by atoms with Gasteiger partial charge in [0.2, 0.25) is 0 Å². The molecule has 6 nitrogen and oxygen atoms in total. The third-order valence-corrected chi connectivity index (χ3v) is 7.29. The maximum Gasteiger partial charge on any atom is 0.325 e. The van der Waals surface area contributed by atoms with Gasteiger partial charge in [-0.1, -0.05) is 54.6 Å². The van der Waals surface area contributed by atoms with Crippen LogP contribution in [0.4, 0.5) is 4.79 Å². The van der Waals surface area contributed by atoms with Crippen LogP contribution >= 0.6 is 0 Å². The second-order valence-corrected chi connectivity index (χ2v) is 9.33. The predicted octanol–water partition coefficient (Wildman–Crippen LogP) is 4.31. The monoisotopic (exact) mass is 455 g/mol. The van der Waals surface area contributed by atoms with Crippen LogP contribution in [0.15, 0.2) is 60.7 Å². The van der Waals surface area contributed by atoms with Crippen molar-refractivity contribution in [1.82, 2.24) is 14.8 Å². The minimum absolute atomic E-state index is 0.219. The molecule has 1 aliphatic heterocycles. The van der Waals surface area contributed by atoms with Crippen molar-refractivity contribution in [2.24, 2.45) is 0 Å². The van der Waals surface area contributed by atoms with Crippen LogP contribution in [0.1, 0.15) is 51.3 Å². The molecule has 34 heavy (non-hydrogen) atoms. The first-order valence-corrected chi connectivity index (χ1v) is 11.9. The SMILES string of the molecule is Cc1cc(C(=O)CN2C(=O)N[C@@]3(CCCc4ccccc43)C2=O)c(C)n1CCc1ccccc1. The summed E-state index contributed by atoms with van der Waals surface area (Å²) in [6.07, 6.45) is 3.11. The Balaban J connectivity index is 1.35. The molecule has 1 aliphatic carbocycles. The van der Waals surface area contributed by atoms with Crippen LogP contribution in [0, 0.1) is 13.8 Å². The van der Waals surface area contributed by atoms with Crippen molar-refractivity contribution in [3.05, 3.63) is 94.3 Å². The summed E-state index contributed by atoms with van der Waals surface area (Å²) >= 11 is 0. The zero-order valence-corrected chi connectivity index (χ0v) is 19.6. The van der Waals surface area contributed by atoms with Gasteiger partial charge in [0.25, 0.3) is 5.91 Å². The molecule has 1 atom stereocenters. The Bertz CT molecular complexity index is 1280.